The Morgan fingerprint density at radius 3 is 2.79 bits per heavy atom. The summed E-state index contributed by atoms with van der Waals surface area (Å²) in [5, 5.41) is 5.24. The molecule has 0 aliphatic carbocycles. The van der Waals surface area contributed by atoms with Crippen LogP contribution in [0.3, 0.4) is 0 Å². The lowest BCUT2D eigenvalue weighted by Crippen LogP contribution is -2.06. The van der Waals surface area contributed by atoms with Crippen LogP contribution in [-0.4, -0.2) is 27.2 Å². The molecule has 0 atom stereocenters. The van der Waals surface area contributed by atoms with Crippen LogP contribution >= 0.6 is 34.8 Å². The van der Waals surface area contributed by atoms with E-state index in [1.807, 2.05) is 18.2 Å². The lowest BCUT2D eigenvalue weighted by atomic mass is 10.1. The van der Waals surface area contributed by atoms with Gasteiger partial charge in [-0.2, -0.15) is 5.10 Å². The molecule has 8 heteroatoms. The van der Waals surface area contributed by atoms with Crippen LogP contribution in [-0.2, 0) is 11.2 Å². The van der Waals surface area contributed by atoms with Gasteiger partial charge in [-0.25, -0.2) is 14.3 Å². The van der Waals surface area contributed by atoms with Crippen LogP contribution in [0.4, 0.5) is 0 Å². The topological polar surface area (TPSA) is 56.5 Å². The molecule has 1 aromatic carbocycles. The van der Waals surface area contributed by atoms with Gasteiger partial charge >= 0.3 is 5.97 Å². The van der Waals surface area contributed by atoms with Gasteiger partial charge in [-0.3, -0.25) is 0 Å². The average Bonchev–Trinajstić information content (AvgIpc) is 2.95. The van der Waals surface area contributed by atoms with Gasteiger partial charge in [-0.15, -0.1) is 0 Å². The second-order valence-electron chi connectivity index (χ2n) is 4.99. The van der Waals surface area contributed by atoms with Crippen molar-refractivity contribution in [3.8, 4) is 0 Å². The number of carbonyl (C=O) groups is 1. The maximum Gasteiger partial charge on any atom is 0.343 e. The molecule has 0 aliphatic rings. The number of aromatic nitrogens is 3. The first-order valence-electron chi connectivity index (χ1n) is 7.14. The molecule has 0 saturated heterocycles. The molecule has 0 fully saturated rings. The molecule has 3 aromatic rings. The Kier molecular flexibility index (Phi) is 4.94. The van der Waals surface area contributed by atoms with Crippen molar-refractivity contribution < 1.29 is 9.53 Å². The normalized spacial score (nSPS) is 11.0. The largest absolute Gasteiger partial charge is 0.462 e. The highest BCUT2D eigenvalue weighted by atomic mass is 35.5. The van der Waals surface area contributed by atoms with E-state index in [-0.39, 0.29) is 23.0 Å². The van der Waals surface area contributed by atoms with E-state index in [1.54, 1.807) is 13.0 Å². The highest BCUT2D eigenvalue weighted by Gasteiger charge is 2.20. The van der Waals surface area contributed by atoms with Crippen molar-refractivity contribution in [3.05, 3.63) is 62.5 Å². The van der Waals surface area contributed by atoms with E-state index in [9.17, 15) is 4.79 Å². The Morgan fingerprint density at radius 1 is 1.29 bits per heavy atom. The van der Waals surface area contributed by atoms with E-state index in [2.05, 4.69) is 10.1 Å². The fourth-order valence-electron chi connectivity index (χ4n) is 2.32. The van der Waals surface area contributed by atoms with Crippen molar-refractivity contribution in [1.82, 2.24) is 14.6 Å². The van der Waals surface area contributed by atoms with E-state index in [0.29, 0.717) is 22.2 Å². The molecule has 0 aliphatic heterocycles. The summed E-state index contributed by atoms with van der Waals surface area (Å²) < 4.78 is 6.35. The summed E-state index contributed by atoms with van der Waals surface area (Å²) in [4.78, 5) is 16.2. The Balaban J connectivity index is 2.06. The summed E-state index contributed by atoms with van der Waals surface area (Å²) in [5.41, 5.74) is 2.02. The van der Waals surface area contributed by atoms with Crippen molar-refractivity contribution in [2.24, 2.45) is 0 Å². The first kappa shape index (κ1) is 17.0. The third kappa shape index (κ3) is 3.20. The van der Waals surface area contributed by atoms with Gasteiger partial charge in [-0.1, -0.05) is 46.9 Å². The predicted molar refractivity (Wildman–Crippen MR) is 93.2 cm³/mol. The van der Waals surface area contributed by atoms with Crippen LogP contribution in [0.2, 0.25) is 15.3 Å². The molecule has 0 bridgehead atoms. The van der Waals surface area contributed by atoms with E-state index in [1.165, 1.54) is 10.7 Å². The minimum Gasteiger partial charge on any atom is -0.462 e. The van der Waals surface area contributed by atoms with Crippen molar-refractivity contribution in [1.29, 1.82) is 0 Å². The highest BCUT2D eigenvalue weighted by molar-refractivity contribution is 6.35. The summed E-state index contributed by atoms with van der Waals surface area (Å²) in [6.45, 7) is 1.98. The van der Waals surface area contributed by atoms with E-state index >= 15 is 0 Å². The van der Waals surface area contributed by atoms with Gasteiger partial charge in [0.25, 0.3) is 0 Å². The summed E-state index contributed by atoms with van der Waals surface area (Å²) in [7, 11) is 0. The van der Waals surface area contributed by atoms with Gasteiger partial charge in [0.2, 0.25) is 0 Å². The average molecular weight is 385 g/mol. The molecule has 5 nitrogen and oxygen atoms in total. The number of rotatable bonds is 4. The minimum atomic E-state index is -0.519. The maximum absolute atomic E-state index is 11.9. The Morgan fingerprint density at radius 2 is 2.08 bits per heavy atom. The number of esters is 1. The lowest BCUT2D eigenvalue weighted by Gasteiger charge is -2.09. The number of hydrogen-bond donors (Lipinski definition) is 0. The number of benzene rings is 1. The zero-order valence-electron chi connectivity index (χ0n) is 12.6. The molecule has 0 spiro atoms. The molecule has 124 valence electrons. The quantitative estimate of drug-likeness (QED) is 0.492. The first-order chi connectivity index (χ1) is 11.5. The summed E-state index contributed by atoms with van der Waals surface area (Å²) in [6, 6.07) is 7.37. The molecule has 0 N–H and O–H groups in total. The lowest BCUT2D eigenvalue weighted by molar-refractivity contribution is 0.0528. The van der Waals surface area contributed by atoms with Crippen LogP contribution in [0.25, 0.3) is 5.65 Å². The number of nitrogens with zero attached hydrogens (tertiary/aromatic N) is 3. The van der Waals surface area contributed by atoms with Gasteiger partial charge in [0, 0.05) is 17.0 Å². The number of ether oxygens (including phenoxy) is 1. The fraction of sp³-hybridized carbons (Fsp3) is 0.188. The third-order valence-electron chi connectivity index (χ3n) is 3.40. The zero-order valence-corrected chi connectivity index (χ0v) is 14.9. The highest BCUT2D eigenvalue weighted by Crippen LogP contribution is 2.28. The molecule has 0 saturated carbocycles. The smallest absolute Gasteiger partial charge is 0.343 e. The molecule has 0 radical (unpaired) electrons. The molecule has 24 heavy (non-hydrogen) atoms. The Hall–Kier alpha value is -1.82. The maximum atomic E-state index is 11.9. The molecule has 0 unspecified atom stereocenters. The van der Waals surface area contributed by atoms with Crippen LogP contribution in [0.5, 0.6) is 0 Å². The van der Waals surface area contributed by atoms with Crippen molar-refractivity contribution in [3.63, 3.8) is 0 Å². The van der Waals surface area contributed by atoms with Gasteiger partial charge in [0.15, 0.2) is 5.65 Å². The fourth-order valence-corrected chi connectivity index (χ4v) is 3.09. The Bertz CT molecular complexity index is 924. The van der Waals surface area contributed by atoms with Crippen LogP contribution in [0.1, 0.15) is 28.4 Å². The monoisotopic (exact) mass is 383 g/mol. The first-order valence-corrected chi connectivity index (χ1v) is 8.27. The number of carbonyl (C=O) groups excluding carboxylic acids is 1. The van der Waals surface area contributed by atoms with Crippen molar-refractivity contribution >= 4 is 46.4 Å². The van der Waals surface area contributed by atoms with E-state index in [4.69, 9.17) is 39.5 Å². The van der Waals surface area contributed by atoms with Gasteiger partial charge < -0.3 is 4.74 Å². The van der Waals surface area contributed by atoms with Crippen molar-refractivity contribution in [2.75, 3.05) is 6.61 Å². The van der Waals surface area contributed by atoms with E-state index < -0.39 is 5.97 Å². The number of fused-ring (bicyclic) bond motifs is 1. The van der Waals surface area contributed by atoms with Gasteiger partial charge in [0.05, 0.1) is 12.8 Å². The number of halogens is 3. The van der Waals surface area contributed by atoms with Gasteiger partial charge in [-0.05, 0) is 24.6 Å². The predicted octanol–water partition coefficient (Wildman–Crippen LogP) is 4.46. The SMILES string of the molecule is CCOC(=O)c1cnn2c(Cl)c(Cc3cccc(Cl)c3)c(Cl)nc12. The van der Waals surface area contributed by atoms with E-state index in [0.717, 1.165) is 5.56 Å². The summed E-state index contributed by atoms with van der Waals surface area (Å²) in [6.07, 6.45) is 1.81. The molecule has 0 amide bonds. The third-order valence-corrected chi connectivity index (χ3v) is 4.33. The molecule has 3 rings (SSSR count). The molecule has 2 heterocycles. The minimum absolute atomic E-state index is 0.207. The van der Waals surface area contributed by atoms with Gasteiger partial charge in [0.1, 0.15) is 15.9 Å². The van der Waals surface area contributed by atoms with Crippen LogP contribution in [0, 0.1) is 0 Å². The molecular weight excluding hydrogens is 373 g/mol. The summed E-state index contributed by atoms with van der Waals surface area (Å²) in [5.74, 6) is -0.519. The standard InChI is InChI=1S/C16H12Cl3N3O2/c1-2-24-16(23)12-8-20-22-14(19)11(13(18)21-15(12)22)7-9-4-3-5-10(17)6-9/h3-6,8H,2,7H2,1H3. The number of hydrogen-bond acceptors (Lipinski definition) is 4. The second kappa shape index (κ2) is 6.97. The van der Waals surface area contributed by atoms with Crippen LogP contribution in [0.15, 0.2) is 30.5 Å². The summed E-state index contributed by atoms with van der Waals surface area (Å²) >= 11 is 18.7. The van der Waals surface area contributed by atoms with Crippen LogP contribution < -0.4 is 0 Å². The second-order valence-corrected chi connectivity index (χ2v) is 6.15. The Labute approximate surface area is 153 Å². The molecule has 2 aromatic heterocycles. The molecular formula is C16H12Cl3N3O2. The zero-order chi connectivity index (χ0) is 17.3. The van der Waals surface area contributed by atoms with Crippen molar-refractivity contribution in [2.45, 2.75) is 13.3 Å².